The van der Waals surface area contributed by atoms with E-state index in [2.05, 4.69) is 5.32 Å². The van der Waals surface area contributed by atoms with E-state index in [0.717, 1.165) is 16.2 Å². The first-order valence-corrected chi connectivity index (χ1v) is 8.99. The fourth-order valence-electron chi connectivity index (χ4n) is 2.48. The molecular weight excluding hydrogens is 340 g/mol. The molecule has 0 aliphatic heterocycles. The third-order valence-electron chi connectivity index (χ3n) is 3.88. The number of benzene rings is 2. The third kappa shape index (κ3) is 4.51. The molecule has 0 radical (unpaired) electrons. The van der Waals surface area contributed by atoms with E-state index < -0.39 is 10.8 Å². The molecule has 1 unspecified atom stereocenters. The van der Waals surface area contributed by atoms with Crippen LogP contribution in [0.5, 0.6) is 5.75 Å². The molecule has 0 saturated heterocycles. The second-order valence-electron chi connectivity index (χ2n) is 5.35. The van der Waals surface area contributed by atoms with Crippen LogP contribution in [0.2, 0.25) is 0 Å². The lowest BCUT2D eigenvalue weighted by molar-refractivity contribution is -0.385. The Labute approximate surface area is 150 Å². The van der Waals surface area contributed by atoms with Crippen LogP contribution in [-0.4, -0.2) is 24.2 Å². The van der Waals surface area contributed by atoms with Crippen molar-refractivity contribution < 1.29 is 14.5 Å². The number of ether oxygens (including phenoxy) is 1. The molecule has 0 spiro atoms. The van der Waals surface area contributed by atoms with Crippen LogP contribution in [0, 0.1) is 10.1 Å². The number of thioether (sulfide) groups is 1. The molecule has 25 heavy (non-hydrogen) atoms. The first-order chi connectivity index (χ1) is 12.0. The van der Waals surface area contributed by atoms with Crippen molar-refractivity contribution >= 4 is 23.4 Å². The van der Waals surface area contributed by atoms with Gasteiger partial charge in [0.25, 0.3) is 11.6 Å². The number of hydrogen-bond acceptors (Lipinski definition) is 5. The van der Waals surface area contributed by atoms with Gasteiger partial charge in [-0.1, -0.05) is 19.1 Å². The average molecular weight is 360 g/mol. The van der Waals surface area contributed by atoms with Crippen LogP contribution in [0.3, 0.4) is 0 Å². The van der Waals surface area contributed by atoms with Gasteiger partial charge in [0.05, 0.1) is 18.1 Å². The summed E-state index contributed by atoms with van der Waals surface area (Å²) >= 11 is 1.43. The highest BCUT2D eigenvalue weighted by Gasteiger charge is 2.23. The summed E-state index contributed by atoms with van der Waals surface area (Å²) in [6.07, 6.45) is 2.52. The Morgan fingerprint density at radius 3 is 2.48 bits per heavy atom. The predicted molar refractivity (Wildman–Crippen MR) is 98.4 cm³/mol. The highest BCUT2D eigenvalue weighted by Crippen LogP contribution is 2.26. The molecule has 2 aromatic rings. The number of carbonyl (C=O) groups excluding carboxylic acids is 1. The highest BCUT2D eigenvalue weighted by atomic mass is 32.2. The molecule has 0 aromatic heterocycles. The van der Waals surface area contributed by atoms with E-state index in [1.54, 1.807) is 19.2 Å². The molecule has 6 nitrogen and oxygen atoms in total. The molecule has 1 amide bonds. The average Bonchev–Trinajstić information content (AvgIpc) is 2.65. The van der Waals surface area contributed by atoms with E-state index in [0.29, 0.717) is 6.42 Å². The lowest BCUT2D eigenvalue weighted by Crippen LogP contribution is -2.28. The summed E-state index contributed by atoms with van der Waals surface area (Å²) in [6.45, 7) is 1.95. The SMILES string of the molecule is CCC(NC(=O)c1cc(SC)ccc1[N+](=O)[O-])c1ccc(OC)cc1. The maximum absolute atomic E-state index is 12.7. The van der Waals surface area contributed by atoms with Crippen LogP contribution in [0.15, 0.2) is 47.4 Å². The fourth-order valence-corrected chi connectivity index (χ4v) is 2.92. The maximum Gasteiger partial charge on any atom is 0.282 e. The van der Waals surface area contributed by atoms with Gasteiger partial charge in [0.15, 0.2) is 0 Å². The number of nitrogens with zero attached hydrogens (tertiary/aromatic N) is 1. The molecule has 0 heterocycles. The Balaban J connectivity index is 2.28. The number of carbonyl (C=O) groups is 1. The summed E-state index contributed by atoms with van der Waals surface area (Å²) in [5.41, 5.74) is 0.795. The monoisotopic (exact) mass is 360 g/mol. The molecule has 0 aliphatic carbocycles. The number of hydrogen-bond donors (Lipinski definition) is 1. The van der Waals surface area contributed by atoms with E-state index in [1.807, 2.05) is 37.4 Å². The number of nitrogens with one attached hydrogen (secondary N) is 1. The molecule has 2 aromatic carbocycles. The number of nitro groups is 1. The fraction of sp³-hybridized carbons (Fsp3) is 0.278. The molecule has 1 atom stereocenters. The Morgan fingerprint density at radius 2 is 1.96 bits per heavy atom. The topological polar surface area (TPSA) is 81.5 Å². The van der Waals surface area contributed by atoms with Gasteiger partial charge in [-0.3, -0.25) is 14.9 Å². The molecule has 0 aliphatic rings. The highest BCUT2D eigenvalue weighted by molar-refractivity contribution is 7.98. The zero-order valence-electron chi connectivity index (χ0n) is 14.3. The zero-order valence-corrected chi connectivity index (χ0v) is 15.1. The van der Waals surface area contributed by atoms with Crippen molar-refractivity contribution in [3.8, 4) is 5.75 Å². The summed E-state index contributed by atoms with van der Waals surface area (Å²) in [5, 5.41) is 14.1. The number of methoxy groups -OCH3 is 1. The van der Waals surface area contributed by atoms with Crippen molar-refractivity contribution in [2.45, 2.75) is 24.3 Å². The maximum atomic E-state index is 12.7. The summed E-state index contributed by atoms with van der Waals surface area (Å²) in [4.78, 5) is 24.1. The van der Waals surface area contributed by atoms with Gasteiger partial charge in [0.1, 0.15) is 11.3 Å². The lowest BCUT2D eigenvalue weighted by atomic mass is 10.0. The largest absolute Gasteiger partial charge is 0.497 e. The van der Waals surface area contributed by atoms with Crippen LogP contribution < -0.4 is 10.1 Å². The summed E-state index contributed by atoms with van der Waals surface area (Å²) in [7, 11) is 1.59. The summed E-state index contributed by atoms with van der Waals surface area (Å²) in [6, 6.07) is 11.7. The van der Waals surface area contributed by atoms with Gasteiger partial charge in [0.2, 0.25) is 0 Å². The molecule has 0 bridgehead atoms. The van der Waals surface area contributed by atoms with Crippen molar-refractivity contribution in [3.63, 3.8) is 0 Å². The van der Waals surface area contributed by atoms with Gasteiger partial charge in [-0.25, -0.2) is 0 Å². The zero-order chi connectivity index (χ0) is 18.4. The molecular formula is C18H20N2O4S. The second kappa shape index (κ2) is 8.53. The minimum atomic E-state index is -0.534. The first kappa shape index (κ1) is 18.8. The van der Waals surface area contributed by atoms with Crippen molar-refractivity contribution in [3.05, 3.63) is 63.7 Å². The first-order valence-electron chi connectivity index (χ1n) is 7.77. The van der Waals surface area contributed by atoms with Gasteiger partial charge in [-0.15, -0.1) is 11.8 Å². The van der Waals surface area contributed by atoms with Gasteiger partial charge in [-0.2, -0.15) is 0 Å². The van der Waals surface area contributed by atoms with Crippen molar-refractivity contribution in [1.82, 2.24) is 5.32 Å². The van der Waals surface area contributed by atoms with E-state index in [-0.39, 0.29) is 17.3 Å². The molecule has 0 saturated carbocycles. The molecule has 7 heteroatoms. The third-order valence-corrected chi connectivity index (χ3v) is 4.60. The number of amides is 1. The minimum absolute atomic E-state index is 0.0730. The lowest BCUT2D eigenvalue weighted by Gasteiger charge is -2.18. The number of rotatable bonds is 7. The summed E-state index contributed by atoms with van der Waals surface area (Å²) < 4.78 is 5.14. The molecule has 1 N–H and O–H groups in total. The molecule has 132 valence electrons. The van der Waals surface area contributed by atoms with E-state index in [9.17, 15) is 14.9 Å². The Hall–Kier alpha value is -2.54. The van der Waals surface area contributed by atoms with Crippen molar-refractivity contribution in [2.75, 3.05) is 13.4 Å². The van der Waals surface area contributed by atoms with E-state index in [1.165, 1.54) is 17.8 Å². The van der Waals surface area contributed by atoms with Gasteiger partial charge >= 0.3 is 0 Å². The van der Waals surface area contributed by atoms with Crippen molar-refractivity contribution in [1.29, 1.82) is 0 Å². The normalized spacial score (nSPS) is 11.6. The predicted octanol–water partition coefficient (Wildman–Crippen LogP) is 4.21. The summed E-state index contributed by atoms with van der Waals surface area (Å²) in [5.74, 6) is 0.276. The number of nitro benzene ring substituents is 1. The second-order valence-corrected chi connectivity index (χ2v) is 6.23. The van der Waals surface area contributed by atoms with Gasteiger partial charge < -0.3 is 10.1 Å². The smallest absolute Gasteiger partial charge is 0.282 e. The van der Waals surface area contributed by atoms with Crippen molar-refractivity contribution in [2.24, 2.45) is 0 Å². The Morgan fingerprint density at radius 1 is 1.28 bits per heavy atom. The standard InChI is InChI=1S/C18H20N2O4S/c1-4-16(12-5-7-13(24-2)8-6-12)19-18(21)15-11-14(25-3)9-10-17(15)20(22)23/h5-11,16H,4H2,1-3H3,(H,19,21). The molecule has 0 fully saturated rings. The van der Waals surface area contributed by atoms with Crippen LogP contribution >= 0.6 is 11.8 Å². The van der Waals surface area contributed by atoms with E-state index in [4.69, 9.17) is 4.74 Å². The van der Waals surface area contributed by atoms with Crippen LogP contribution in [0.4, 0.5) is 5.69 Å². The van der Waals surface area contributed by atoms with E-state index >= 15 is 0 Å². The Bertz CT molecular complexity index is 762. The van der Waals surface area contributed by atoms with Gasteiger partial charge in [0, 0.05) is 11.0 Å². The van der Waals surface area contributed by atoms with Gasteiger partial charge in [-0.05, 0) is 42.5 Å². The van der Waals surface area contributed by atoms with Crippen LogP contribution in [0.1, 0.15) is 35.3 Å². The molecule has 2 rings (SSSR count). The minimum Gasteiger partial charge on any atom is -0.497 e. The quantitative estimate of drug-likeness (QED) is 0.454. The van der Waals surface area contributed by atoms with Crippen LogP contribution in [-0.2, 0) is 0 Å². The van der Waals surface area contributed by atoms with Crippen LogP contribution in [0.25, 0.3) is 0 Å². The Kier molecular flexibility index (Phi) is 6.41.